The number of methoxy groups -OCH3 is 1. The minimum Gasteiger partial charge on any atom is -0.488 e. The van der Waals surface area contributed by atoms with Crippen LogP contribution in [0.1, 0.15) is 17.4 Å². The standard InChI is InChI=1S/C18H22FN3O5/c1-4-26-17(23)15-10-13(11-22(15)2)21-18(24)20-12-5-6-16(14(19)9-12)27-8-7-25-3/h5-6,9-11H,4,7-8H2,1-3H3,(H2,20,21,24). The van der Waals surface area contributed by atoms with E-state index < -0.39 is 17.8 Å². The second kappa shape index (κ2) is 9.58. The summed E-state index contributed by atoms with van der Waals surface area (Å²) in [5.74, 6) is -1.02. The van der Waals surface area contributed by atoms with Gasteiger partial charge in [0, 0.05) is 32.1 Å². The summed E-state index contributed by atoms with van der Waals surface area (Å²) in [6.07, 6.45) is 1.57. The Morgan fingerprint density at radius 2 is 1.89 bits per heavy atom. The number of carbonyl (C=O) groups excluding carboxylic acids is 2. The number of hydrogen-bond acceptors (Lipinski definition) is 5. The van der Waals surface area contributed by atoms with E-state index in [1.807, 2.05) is 0 Å². The average Bonchev–Trinajstić information content (AvgIpc) is 2.97. The lowest BCUT2D eigenvalue weighted by molar-refractivity contribution is 0.0515. The Hall–Kier alpha value is -3.07. The van der Waals surface area contributed by atoms with Gasteiger partial charge in [0.2, 0.25) is 0 Å². The van der Waals surface area contributed by atoms with Crippen LogP contribution in [0.3, 0.4) is 0 Å². The number of urea groups is 1. The molecule has 27 heavy (non-hydrogen) atoms. The summed E-state index contributed by atoms with van der Waals surface area (Å²) in [5.41, 5.74) is 0.958. The second-order valence-electron chi connectivity index (χ2n) is 5.51. The van der Waals surface area contributed by atoms with Crippen molar-refractivity contribution < 1.29 is 28.2 Å². The Bertz CT molecular complexity index is 806. The molecule has 1 aromatic heterocycles. The predicted octanol–water partition coefficient (Wildman–Crippen LogP) is 3.01. The summed E-state index contributed by atoms with van der Waals surface area (Å²) in [7, 11) is 3.18. The molecule has 2 rings (SSSR count). The number of carbonyl (C=O) groups is 2. The Morgan fingerprint density at radius 1 is 1.15 bits per heavy atom. The summed E-state index contributed by atoms with van der Waals surface area (Å²) >= 11 is 0. The first-order valence-corrected chi connectivity index (χ1v) is 8.27. The van der Waals surface area contributed by atoms with Gasteiger partial charge in [0.15, 0.2) is 11.6 Å². The van der Waals surface area contributed by atoms with Gasteiger partial charge in [-0.3, -0.25) is 0 Å². The number of benzene rings is 1. The summed E-state index contributed by atoms with van der Waals surface area (Å²) in [5, 5.41) is 5.09. The van der Waals surface area contributed by atoms with Crippen molar-refractivity contribution in [3.8, 4) is 5.75 Å². The van der Waals surface area contributed by atoms with Crippen molar-refractivity contribution in [1.29, 1.82) is 0 Å². The quantitative estimate of drug-likeness (QED) is 0.543. The van der Waals surface area contributed by atoms with E-state index in [0.29, 0.717) is 18.0 Å². The van der Waals surface area contributed by atoms with Crippen LogP contribution in [-0.4, -0.2) is 43.5 Å². The summed E-state index contributed by atoms with van der Waals surface area (Å²) < 4.78 is 30.5. The number of esters is 1. The molecule has 0 saturated heterocycles. The highest BCUT2D eigenvalue weighted by molar-refractivity contribution is 6.00. The van der Waals surface area contributed by atoms with Gasteiger partial charge in [-0.05, 0) is 25.1 Å². The van der Waals surface area contributed by atoms with Crippen molar-refractivity contribution >= 4 is 23.4 Å². The Balaban J connectivity index is 1.96. The molecule has 2 amide bonds. The molecule has 2 aromatic rings. The normalized spacial score (nSPS) is 10.4. The third kappa shape index (κ3) is 5.71. The molecule has 8 nitrogen and oxygen atoms in total. The zero-order valence-corrected chi connectivity index (χ0v) is 15.4. The van der Waals surface area contributed by atoms with Crippen molar-refractivity contribution in [1.82, 2.24) is 4.57 Å². The number of aryl methyl sites for hydroxylation is 1. The fourth-order valence-corrected chi connectivity index (χ4v) is 2.26. The van der Waals surface area contributed by atoms with Crippen LogP contribution in [0.4, 0.5) is 20.6 Å². The number of hydrogen-bond donors (Lipinski definition) is 2. The number of amides is 2. The van der Waals surface area contributed by atoms with Gasteiger partial charge in [-0.2, -0.15) is 0 Å². The fourth-order valence-electron chi connectivity index (χ4n) is 2.26. The number of aromatic nitrogens is 1. The monoisotopic (exact) mass is 379 g/mol. The maximum Gasteiger partial charge on any atom is 0.355 e. The molecule has 0 saturated carbocycles. The van der Waals surface area contributed by atoms with Crippen molar-refractivity contribution in [2.75, 3.05) is 37.6 Å². The molecule has 9 heteroatoms. The minimum atomic E-state index is -0.604. The van der Waals surface area contributed by atoms with Gasteiger partial charge in [0.25, 0.3) is 0 Å². The third-order valence-electron chi connectivity index (χ3n) is 3.48. The van der Waals surface area contributed by atoms with Crippen LogP contribution >= 0.6 is 0 Å². The number of nitrogens with zero attached hydrogens (tertiary/aromatic N) is 1. The molecule has 1 heterocycles. The van der Waals surface area contributed by atoms with Crippen LogP contribution in [0.25, 0.3) is 0 Å². The van der Waals surface area contributed by atoms with Gasteiger partial charge in [-0.15, -0.1) is 0 Å². The topological polar surface area (TPSA) is 90.8 Å². The summed E-state index contributed by atoms with van der Waals surface area (Å²) in [6, 6.07) is 4.99. The molecule has 0 aliphatic heterocycles. The SMILES string of the molecule is CCOC(=O)c1cc(NC(=O)Nc2ccc(OCCOC)c(F)c2)cn1C. The minimum absolute atomic E-state index is 0.0696. The number of ether oxygens (including phenoxy) is 3. The van der Waals surface area contributed by atoms with Crippen LogP contribution in [0, 0.1) is 5.82 Å². The molecule has 146 valence electrons. The van der Waals surface area contributed by atoms with Gasteiger partial charge in [0.05, 0.1) is 18.9 Å². The maximum atomic E-state index is 14.0. The molecule has 2 N–H and O–H groups in total. The van der Waals surface area contributed by atoms with Gasteiger partial charge in [-0.1, -0.05) is 0 Å². The van der Waals surface area contributed by atoms with E-state index >= 15 is 0 Å². The number of nitrogens with one attached hydrogen (secondary N) is 2. The fraction of sp³-hybridized carbons (Fsp3) is 0.333. The number of rotatable bonds is 8. The van der Waals surface area contributed by atoms with Crippen LogP contribution in [-0.2, 0) is 16.5 Å². The van der Waals surface area contributed by atoms with E-state index in [-0.39, 0.29) is 24.7 Å². The van der Waals surface area contributed by atoms with Gasteiger partial charge < -0.3 is 29.4 Å². The van der Waals surface area contributed by atoms with E-state index in [4.69, 9.17) is 14.2 Å². The summed E-state index contributed by atoms with van der Waals surface area (Å²) in [4.78, 5) is 23.9. The van der Waals surface area contributed by atoms with E-state index in [1.54, 1.807) is 24.7 Å². The van der Waals surface area contributed by atoms with Crippen molar-refractivity contribution in [2.24, 2.45) is 7.05 Å². The highest BCUT2D eigenvalue weighted by atomic mass is 19.1. The van der Waals surface area contributed by atoms with Crippen LogP contribution in [0.5, 0.6) is 5.75 Å². The molecule has 1 aromatic carbocycles. The first-order chi connectivity index (χ1) is 12.9. The second-order valence-corrected chi connectivity index (χ2v) is 5.51. The maximum absolute atomic E-state index is 14.0. The molecule has 0 aliphatic carbocycles. The molecular formula is C18H22FN3O5. The number of anilines is 2. The highest BCUT2D eigenvalue weighted by Crippen LogP contribution is 2.21. The lowest BCUT2D eigenvalue weighted by Gasteiger charge is -2.09. The Labute approximate surface area is 156 Å². The molecule has 0 spiro atoms. The molecule has 0 fully saturated rings. The average molecular weight is 379 g/mol. The predicted molar refractivity (Wildman–Crippen MR) is 97.8 cm³/mol. The third-order valence-corrected chi connectivity index (χ3v) is 3.48. The van der Waals surface area contributed by atoms with Crippen molar-refractivity contribution in [3.05, 3.63) is 42.0 Å². The molecule has 0 radical (unpaired) electrons. The Morgan fingerprint density at radius 3 is 2.56 bits per heavy atom. The van der Waals surface area contributed by atoms with Crippen LogP contribution < -0.4 is 15.4 Å². The van der Waals surface area contributed by atoms with E-state index in [1.165, 1.54) is 25.3 Å². The summed E-state index contributed by atoms with van der Waals surface area (Å²) in [6.45, 7) is 2.52. The first-order valence-electron chi connectivity index (χ1n) is 8.27. The van der Waals surface area contributed by atoms with E-state index in [9.17, 15) is 14.0 Å². The van der Waals surface area contributed by atoms with Crippen LogP contribution in [0.15, 0.2) is 30.5 Å². The Kier molecular flexibility index (Phi) is 7.18. The van der Waals surface area contributed by atoms with Crippen molar-refractivity contribution in [3.63, 3.8) is 0 Å². The largest absolute Gasteiger partial charge is 0.488 e. The molecule has 0 aliphatic rings. The molecule has 0 atom stereocenters. The van der Waals surface area contributed by atoms with Crippen molar-refractivity contribution in [2.45, 2.75) is 6.92 Å². The molecule has 0 unspecified atom stereocenters. The lowest BCUT2D eigenvalue weighted by Crippen LogP contribution is -2.19. The van der Waals surface area contributed by atoms with Gasteiger partial charge >= 0.3 is 12.0 Å². The van der Waals surface area contributed by atoms with E-state index in [0.717, 1.165) is 6.07 Å². The van der Waals surface area contributed by atoms with Crippen LogP contribution in [0.2, 0.25) is 0 Å². The zero-order chi connectivity index (χ0) is 19.8. The lowest BCUT2D eigenvalue weighted by atomic mass is 10.3. The van der Waals surface area contributed by atoms with E-state index in [2.05, 4.69) is 10.6 Å². The molecule has 0 bridgehead atoms. The first kappa shape index (κ1) is 20.2. The smallest absolute Gasteiger partial charge is 0.355 e. The van der Waals surface area contributed by atoms with Gasteiger partial charge in [0.1, 0.15) is 12.3 Å². The zero-order valence-electron chi connectivity index (χ0n) is 15.4. The van der Waals surface area contributed by atoms with Gasteiger partial charge in [-0.25, -0.2) is 14.0 Å². The highest BCUT2D eigenvalue weighted by Gasteiger charge is 2.14. The number of halogens is 1. The molecular weight excluding hydrogens is 357 g/mol.